The second kappa shape index (κ2) is 9.44. The minimum absolute atomic E-state index is 0.0655. The van der Waals surface area contributed by atoms with Crippen molar-refractivity contribution in [3.05, 3.63) is 45.3 Å². The maximum absolute atomic E-state index is 12.3. The highest BCUT2D eigenvalue weighted by Gasteiger charge is 2.21. The van der Waals surface area contributed by atoms with Gasteiger partial charge in [-0.3, -0.25) is 14.9 Å². The van der Waals surface area contributed by atoms with Gasteiger partial charge in [-0.1, -0.05) is 11.3 Å². The number of methoxy groups -OCH3 is 2. The lowest BCUT2D eigenvalue weighted by molar-refractivity contribution is -0.382. The van der Waals surface area contributed by atoms with Crippen LogP contribution in [0.5, 0.6) is 11.5 Å². The van der Waals surface area contributed by atoms with Crippen LogP contribution in [0.4, 0.5) is 5.00 Å². The van der Waals surface area contributed by atoms with E-state index in [0.717, 1.165) is 28.4 Å². The van der Waals surface area contributed by atoms with Crippen LogP contribution >= 0.6 is 23.1 Å². The van der Waals surface area contributed by atoms with E-state index in [2.05, 4.69) is 5.32 Å². The largest absolute Gasteiger partial charge is 0.497 e. The van der Waals surface area contributed by atoms with Crippen LogP contribution in [0.15, 0.2) is 34.5 Å². The molecule has 0 radical (unpaired) electrons. The molecule has 1 aromatic carbocycles. The molecule has 0 bridgehead atoms. The van der Waals surface area contributed by atoms with Gasteiger partial charge < -0.3 is 14.8 Å². The van der Waals surface area contributed by atoms with Gasteiger partial charge in [0.25, 0.3) is 0 Å². The van der Waals surface area contributed by atoms with Crippen molar-refractivity contribution in [1.82, 2.24) is 5.32 Å². The summed E-state index contributed by atoms with van der Waals surface area (Å²) in [5.41, 5.74) is 0.931. The van der Waals surface area contributed by atoms with Crippen LogP contribution in [0, 0.1) is 10.1 Å². The summed E-state index contributed by atoms with van der Waals surface area (Å²) in [5, 5.41) is 15.1. The van der Waals surface area contributed by atoms with E-state index < -0.39 is 10.2 Å². The number of nitro groups is 1. The Morgan fingerprint density at radius 1 is 1.35 bits per heavy atom. The molecule has 0 aliphatic heterocycles. The molecule has 0 spiro atoms. The van der Waals surface area contributed by atoms with Gasteiger partial charge in [-0.2, -0.15) is 0 Å². The number of benzene rings is 1. The predicted molar refractivity (Wildman–Crippen MR) is 103 cm³/mol. The summed E-state index contributed by atoms with van der Waals surface area (Å²) in [6.07, 6.45) is 0.585. The minimum Gasteiger partial charge on any atom is -0.497 e. The van der Waals surface area contributed by atoms with Crippen LogP contribution in [0.3, 0.4) is 0 Å². The van der Waals surface area contributed by atoms with Crippen LogP contribution in [0.2, 0.25) is 0 Å². The van der Waals surface area contributed by atoms with Crippen molar-refractivity contribution in [1.29, 1.82) is 0 Å². The predicted octanol–water partition coefficient (Wildman–Crippen LogP) is 3.51. The first-order chi connectivity index (χ1) is 12.5. The first kappa shape index (κ1) is 20.1. The van der Waals surface area contributed by atoms with E-state index in [1.165, 1.54) is 11.8 Å². The Hall–Kier alpha value is -2.26. The summed E-state index contributed by atoms with van der Waals surface area (Å²) in [6, 6.07) is 7.17. The summed E-state index contributed by atoms with van der Waals surface area (Å²) in [4.78, 5) is 23.3. The molecule has 0 saturated carbocycles. The first-order valence-corrected chi connectivity index (χ1v) is 9.59. The van der Waals surface area contributed by atoms with Gasteiger partial charge in [0, 0.05) is 6.54 Å². The molecule has 7 nitrogen and oxygen atoms in total. The number of hydrogen-bond acceptors (Lipinski definition) is 7. The first-order valence-electron chi connectivity index (χ1n) is 7.83. The van der Waals surface area contributed by atoms with Crippen molar-refractivity contribution in [3.63, 3.8) is 0 Å². The highest BCUT2D eigenvalue weighted by atomic mass is 32.2. The summed E-state index contributed by atoms with van der Waals surface area (Å²) in [7, 11) is 3.19. The molecule has 1 heterocycles. The number of ether oxygens (including phenoxy) is 2. The monoisotopic (exact) mass is 396 g/mol. The molecule has 26 heavy (non-hydrogen) atoms. The highest BCUT2D eigenvalue weighted by molar-refractivity contribution is 8.00. The number of rotatable bonds is 9. The molecule has 1 atom stereocenters. The van der Waals surface area contributed by atoms with Crippen molar-refractivity contribution in [2.75, 3.05) is 20.8 Å². The number of thioether (sulfide) groups is 1. The average molecular weight is 396 g/mol. The second-order valence-corrected chi connectivity index (χ2v) is 7.60. The molecular weight excluding hydrogens is 376 g/mol. The summed E-state index contributed by atoms with van der Waals surface area (Å²) in [5.74, 6) is 1.29. The Morgan fingerprint density at radius 2 is 2.12 bits per heavy atom. The molecule has 9 heteroatoms. The highest BCUT2D eigenvalue weighted by Crippen LogP contribution is 2.36. The number of amides is 1. The molecule has 0 aliphatic rings. The van der Waals surface area contributed by atoms with Crippen molar-refractivity contribution in [2.24, 2.45) is 0 Å². The fraction of sp³-hybridized carbons (Fsp3) is 0.353. The van der Waals surface area contributed by atoms with E-state index in [9.17, 15) is 14.9 Å². The molecule has 1 N–H and O–H groups in total. The number of carbonyl (C=O) groups is 1. The van der Waals surface area contributed by atoms with Gasteiger partial charge in [0.2, 0.25) is 5.91 Å². The fourth-order valence-electron chi connectivity index (χ4n) is 2.30. The summed E-state index contributed by atoms with van der Waals surface area (Å²) >= 11 is 2.24. The number of carbonyl (C=O) groups excluding carboxylic acids is 1. The van der Waals surface area contributed by atoms with E-state index in [-0.39, 0.29) is 10.9 Å². The van der Waals surface area contributed by atoms with E-state index in [4.69, 9.17) is 9.47 Å². The topological polar surface area (TPSA) is 90.7 Å². The van der Waals surface area contributed by atoms with E-state index in [1.807, 2.05) is 18.2 Å². The minimum atomic E-state index is -0.435. The van der Waals surface area contributed by atoms with Crippen LogP contribution in [0.25, 0.3) is 0 Å². The van der Waals surface area contributed by atoms with Gasteiger partial charge in [0.15, 0.2) is 0 Å². The lowest BCUT2D eigenvalue weighted by Crippen LogP contribution is -2.32. The smallest absolute Gasteiger partial charge is 0.337 e. The number of nitrogens with one attached hydrogen (secondary N) is 1. The quantitative estimate of drug-likeness (QED) is 0.396. The Balaban J connectivity index is 1.90. The number of nitrogens with zero attached hydrogens (tertiary/aromatic N) is 1. The Bertz CT molecular complexity index is 778. The maximum Gasteiger partial charge on any atom is 0.337 e. The second-order valence-electron chi connectivity index (χ2n) is 5.33. The molecule has 0 unspecified atom stereocenters. The zero-order valence-electron chi connectivity index (χ0n) is 14.7. The molecule has 140 valence electrons. The van der Waals surface area contributed by atoms with Gasteiger partial charge >= 0.3 is 5.00 Å². The van der Waals surface area contributed by atoms with Gasteiger partial charge in [0.05, 0.1) is 29.3 Å². The van der Waals surface area contributed by atoms with E-state index in [0.29, 0.717) is 17.9 Å². The number of thiophene rings is 1. The lowest BCUT2D eigenvalue weighted by atomic mass is 10.1. The lowest BCUT2D eigenvalue weighted by Gasteiger charge is -2.13. The maximum atomic E-state index is 12.3. The molecular formula is C17H20N2O5S2. The van der Waals surface area contributed by atoms with Gasteiger partial charge in [-0.05, 0) is 48.6 Å². The van der Waals surface area contributed by atoms with Crippen LogP contribution in [0.1, 0.15) is 12.5 Å². The molecule has 0 aliphatic carbocycles. The Morgan fingerprint density at radius 3 is 2.77 bits per heavy atom. The summed E-state index contributed by atoms with van der Waals surface area (Å²) < 4.78 is 10.5. The standard InChI is InChI=1S/C17H20N2O5S2/c1-11(26-15-7-9-25-17(15)19(21)22)16(20)18-8-6-12-10-13(23-2)4-5-14(12)24-3/h4-5,7,9-11H,6,8H2,1-3H3,(H,18,20)/t11-/m1/s1. The third-order valence-electron chi connectivity index (χ3n) is 3.63. The number of hydrogen-bond donors (Lipinski definition) is 1. The SMILES string of the molecule is COc1ccc(OC)c(CCNC(=O)[C@@H](C)Sc2ccsc2[N+](=O)[O-])c1. The van der Waals surface area contributed by atoms with Gasteiger partial charge in [-0.25, -0.2) is 0 Å². The van der Waals surface area contributed by atoms with E-state index in [1.54, 1.807) is 32.6 Å². The molecule has 2 aromatic rings. The van der Waals surface area contributed by atoms with Gasteiger partial charge in [-0.15, -0.1) is 11.8 Å². The summed E-state index contributed by atoms with van der Waals surface area (Å²) in [6.45, 7) is 2.16. The fourth-order valence-corrected chi connectivity index (χ4v) is 4.17. The van der Waals surface area contributed by atoms with Crippen molar-refractivity contribution < 1.29 is 19.2 Å². The molecule has 2 rings (SSSR count). The van der Waals surface area contributed by atoms with Crippen LogP contribution in [-0.2, 0) is 11.2 Å². The zero-order chi connectivity index (χ0) is 19.1. The normalized spacial score (nSPS) is 11.7. The van der Waals surface area contributed by atoms with Gasteiger partial charge in [0.1, 0.15) is 11.5 Å². The van der Waals surface area contributed by atoms with Crippen molar-refractivity contribution >= 4 is 34.0 Å². The molecule has 0 fully saturated rings. The molecule has 1 amide bonds. The average Bonchev–Trinajstić information content (AvgIpc) is 3.09. The molecule has 1 aromatic heterocycles. The third-order valence-corrected chi connectivity index (χ3v) is 5.77. The third kappa shape index (κ3) is 5.12. The van der Waals surface area contributed by atoms with Crippen molar-refractivity contribution in [3.8, 4) is 11.5 Å². The molecule has 0 saturated heterocycles. The van der Waals surface area contributed by atoms with Crippen LogP contribution < -0.4 is 14.8 Å². The zero-order valence-corrected chi connectivity index (χ0v) is 16.3. The Kier molecular flexibility index (Phi) is 7.28. The van der Waals surface area contributed by atoms with Crippen LogP contribution in [-0.4, -0.2) is 36.8 Å². The Labute approximate surface area is 159 Å². The van der Waals surface area contributed by atoms with E-state index >= 15 is 0 Å². The van der Waals surface area contributed by atoms with Crippen molar-refractivity contribution in [2.45, 2.75) is 23.5 Å².